The highest BCUT2D eigenvalue weighted by molar-refractivity contribution is 9.10. The summed E-state index contributed by atoms with van der Waals surface area (Å²) in [5.74, 6) is -0.250. The van der Waals surface area contributed by atoms with E-state index in [2.05, 4.69) is 31.5 Å². The van der Waals surface area contributed by atoms with Gasteiger partial charge in [0.15, 0.2) is 0 Å². The van der Waals surface area contributed by atoms with E-state index in [1.165, 1.54) is 0 Å². The Morgan fingerprint density at radius 2 is 1.81 bits per heavy atom. The molecule has 5 rings (SSSR count). The van der Waals surface area contributed by atoms with Crippen molar-refractivity contribution in [2.24, 2.45) is 0 Å². The molecule has 1 aromatic heterocycles. The van der Waals surface area contributed by atoms with Crippen LogP contribution in [0.2, 0.25) is 0 Å². The smallest absolute Gasteiger partial charge is 0.251 e. The topological polar surface area (TPSA) is 104 Å². The number of nitrogens with zero attached hydrogens (tertiary/aromatic N) is 3. The number of anilines is 2. The number of methoxy groups -OCH3 is 1. The third-order valence-corrected chi connectivity index (χ3v) is 8.22. The summed E-state index contributed by atoms with van der Waals surface area (Å²) in [7, 11) is 3.28. The summed E-state index contributed by atoms with van der Waals surface area (Å²) in [6.45, 7) is 1.85. The van der Waals surface area contributed by atoms with Gasteiger partial charge in [0.25, 0.3) is 5.91 Å². The number of carbonyl (C=O) groups is 3. The number of para-hydroxylation sites is 2. The van der Waals surface area contributed by atoms with Crippen LogP contribution in [-0.2, 0) is 27.3 Å². The van der Waals surface area contributed by atoms with Gasteiger partial charge in [-0.05, 0) is 66.7 Å². The van der Waals surface area contributed by atoms with Crippen molar-refractivity contribution >= 4 is 68.2 Å². The Balaban J connectivity index is 0.00000423. The van der Waals surface area contributed by atoms with E-state index in [0.29, 0.717) is 17.1 Å². The molecule has 0 aliphatic carbocycles. The summed E-state index contributed by atoms with van der Waals surface area (Å²) >= 11 is 3.64. The van der Waals surface area contributed by atoms with Gasteiger partial charge in [-0.3, -0.25) is 19.4 Å². The number of fused-ring (bicyclic) bond motifs is 2. The van der Waals surface area contributed by atoms with Crippen molar-refractivity contribution in [2.75, 3.05) is 30.5 Å². The van der Waals surface area contributed by atoms with E-state index >= 15 is 0 Å². The number of likely N-dealkylation sites (N-methyl/N-ethyl adjacent to an activating group) is 1. The fraction of sp³-hybridized carbons (Fsp3) is 0.250. The molecule has 1 aliphatic rings. The molecule has 3 amide bonds. The van der Waals surface area contributed by atoms with Gasteiger partial charge in [-0.15, -0.1) is 12.4 Å². The lowest BCUT2D eigenvalue weighted by molar-refractivity contribution is -0.128. The summed E-state index contributed by atoms with van der Waals surface area (Å²) in [5.41, 5.74) is 2.71. The maximum atomic E-state index is 14.4. The molecule has 224 valence electrons. The molecule has 9 nitrogen and oxygen atoms in total. The fourth-order valence-electron chi connectivity index (χ4n) is 5.17. The monoisotopic (exact) mass is 665 g/mol. The van der Waals surface area contributed by atoms with E-state index in [4.69, 9.17) is 4.74 Å². The van der Waals surface area contributed by atoms with E-state index in [1.54, 1.807) is 49.3 Å². The number of halogens is 2. The minimum atomic E-state index is -0.994. The normalized spacial score (nSPS) is 15.3. The van der Waals surface area contributed by atoms with Crippen LogP contribution in [0, 0.1) is 0 Å². The van der Waals surface area contributed by atoms with Crippen molar-refractivity contribution in [3.05, 3.63) is 94.7 Å². The van der Waals surface area contributed by atoms with Crippen molar-refractivity contribution in [3.63, 3.8) is 0 Å². The number of amides is 3. The van der Waals surface area contributed by atoms with Crippen LogP contribution in [0.15, 0.2) is 83.6 Å². The molecule has 11 heteroatoms. The average molecular weight is 667 g/mol. The number of rotatable bonds is 8. The van der Waals surface area contributed by atoms with Crippen molar-refractivity contribution in [2.45, 2.75) is 32.0 Å². The molecule has 2 N–H and O–H groups in total. The second-order valence-corrected chi connectivity index (χ2v) is 11.0. The van der Waals surface area contributed by atoms with Crippen LogP contribution in [0.1, 0.15) is 18.1 Å². The van der Waals surface area contributed by atoms with Crippen LogP contribution in [0.5, 0.6) is 5.75 Å². The van der Waals surface area contributed by atoms with Crippen molar-refractivity contribution in [3.8, 4) is 5.75 Å². The van der Waals surface area contributed by atoms with E-state index in [1.807, 2.05) is 60.7 Å². The van der Waals surface area contributed by atoms with Crippen molar-refractivity contribution in [1.82, 2.24) is 15.6 Å². The average Bonchev–Trinajstić information content (AvgIpc) is 3.12. The Labute approximate surface area is 265 Å². The zero-order chi connectivity index (χ0) is 29.8. The Kier molecular flexibility index (Phi) is 10.4. The zero-order valence-corrected chi connectivity index (χ0v) is 26.4. The van der Waals surface area contributed by atoms with Crippen LogP contribution >= 0.6 is 28.3 Å². The van der Waals surface area contributed by atoms with Gasteiger partial charge in [0.2, 0.25) is 11.8 Å². The number of hydrogen-bond acceptors (Lipinski definition) is 6. The summed E-state index contributed by atoms with van der Waals surface area (Å²) in [4.78, 5) is 48.6. The molecule has 43 heavy (non-hydrogen) atoms. The molecule has 0 fully saturated rings. The lowest BCUT2D eigenvalue weighted by Crippen LogP contribution is -2.55. The highest BCUT2D eigenvalue weighted by atomic mass is 79.9. The highest BCUT2D eigenvalue weighted by Crippen LogP contribution is 2.38. The minimum Gasteiger partial charge on any atom is -0.496 e. The van der Waals surface area contributed by atoms with Crippen LogP contribution in [-0.4, -0.2) is 55.5 Å². The molecular formula is C32H33BrClN5O4. The zero-order valence-electron chi connectivity index (χ0n) is 24.0. The van der Waals surface area contributed by atoms with E-state index in [9.17, 15) is 14.4 Å². The van der Waals surface area contributed by atoms with Gasteiger partial charge in [0.05, 0.1) is 44.0 Å². The predicted molar refractivity (Wildman–Crippen MR) is 174 cm³/mol. The largest absolute Gasteiger partial charge is 0.496 e. The molecule has 2 atom stereocenters. The van der Waals surface area contributed by atoms with E-state index in [-0.39, 0.29) is 49.6 Å². The highest BCUT2D eigenvalue weighted by Gasteiger charge is 2.37. The van der Waals surface area contributed by atoms with E-state index in [0.717, 1.165) is 26.4 Å². The lowest BCUT2D eigenvalue weighted by Gasteiger charge is -2.27. The van der Waals surface area contributed by atoms with Crippen LogP contribution in [0.3, 0.4) is 0 Å². The van der Waals surface area contributed by atoms with Gasteiger partial charge < -0.3 is 25.2 Å². The minimum absolute atomic E-state index is 0. The molecule has 2 unspecified atom stereocenters. The third kappa shape index (κ3) is 6.66. The summed E-state index contributed by atoms with van der Waals surface area (Å²) in [6, 6.07) is 19.2. The lowest BCUT2D eigenvalue weighted by atomic mass is 10.0. The number of carbonyl (C=O) groups excluding carboxylic acids is 3. The molecule has 0 radical (unpaired) electrons. The van der Waals surface area contributed by atoms with Crippen LogP contribution in [0.4, 0.5) is 11.4 Å². The predicted octanol–water partition coefficient (Wildman–Crippen LogP) is 4.64. The summed E-state index contributed by atoms with van der Waals surface area (Å²) in [6.07, 6.45) is 3.40. The number of hydrogen-bond donors (Lipinski definition) is 2. The number of nitrogens with one attached hydrogen (secondary N) is 2. The maximum Gasteiger partial charge on any atom is 0.251 e. The first-order valence-corrected chi connectivity index (χ1v) is 14.4. The molecule has 4 aromatic rings. The number of ether oxygens (including phenoxy) is 1. The Morgan fingerprint density at radius 1 is 1.05 bits per heavy atom. The van der Waals surface area contributed by atoms with Crippen LogP contribution < -0.4 is 25.2 Å². The molecule has 0 bridgehead atoms. The van der Waals surface area contributed by atoms with Crippen LogP contribution in [0.25, 0.3) is 10.8 Å². The first kappa shape index (κ1) is 31.9. The molecular weight excluding hydrogens is 634 g/mol. The first-order valence-electron chi connectivity index (χ1n) is 13.6. The van der Waals surface area contributed by atoms with Gasteiger partial charge in [-0.2, -0.15) is 0 Å². The standard InChI is InChI=1S/C32H32BrN5O4.ClH/c1-20(34-2)31(40)36-26-19-37(30(39)16-21-8-7-15-35-17-21)27-11-4-5-12-28(27)38(32(26)41)18-24-22-9-6-10-25(33)23(22)13-14-29(24)42-3;/h4-15,17,20,26,34H,16,18-19H2,1-3H3,(H,36,40);1H. The SMILES string of the molecule is CNC(C)C(=O)NC1CN(C(=O)Cc2cccnc2)c2ccccc2N(Cc2c(OC)ccc3c(Br)cccc23)C1=O.Cl. The summed E-state index contributed by atoms with van der Waals surface area (Å²) < 4.78 is 6.67. The van der Waals surface area contributed by atoms with Gasteiger partial charge in [-0.1, -0.05) is 46.3 Å². The molecule has 0 saturated heterocycles. The summed E-state index contributed by atoms with van der Waals surface area (Å²) in [5, 5.41) is 7.71. The Hall–Kier alpha value is -3.99. The number of benzene rings is 3. The number of pyridine rings is 1. The van der Waals surface area contributed by atoms with Gasteiger partial charge in [-0.25, -0.2) is 0 Å². The van der Waals surface area contributed by atoms with E-state index < -0.39 is 12.1 Å². The second kappa shape index (κ2) is 14.0. The molecule has 1 aliphatic heterocycles. The molecule has 3 aromatic carbocycles. The molecule has 2 heterocycles. The Bertz CT molecular complexity index is 1640. The Morgan fingerprint density at radius 3 is 2.51 bits per heavy atom. The quantitative estimate of drug-likeness (QED) is 0.284. The maximum absolute atomic E-state index is 14.4. The number of aromatic nitrogens is 1. The van der Waals surface area contributed by atoms with Gasteiger partial charge in [0, 0.05) is 22.4 Å². The first-order chi connectivity index (χ1) is 20.3. The van der Waals surface area contributed by atoms with Gasteiger partial charge >= 0.3 is 0 Å². The van der Waals surface area contributed by atoms with Gasteiger partial charge in [0.1, 0.15) is 11.8 Å². The fourth-order valence-corrected chi connectivity index (χ4v) is 5.67. The van der Waals surface area contributed by atoms with Crippen molar-refractivity contribution in [1.29, 1.82) is 0 Å². The molecule has 0 saturated carbocycles. The van der Waals surface area contributed by atoms with Crippen molar-refractivity contribution < 1.29 is 19.1 Å². The molecule has 0 spiro atoms. The second-order valence-electron chi connectivity index (χ2n) is 10.1. The third-order valence-electron chi connectivity index (χ3n) is 7.53.